The Morgan fingerprint density at radius 1 is 1.26 bits per heavy atom. The number of nitrogens with two attached hydrogens (primary N) is 1. The highest BCUT2D eigenvalue weighted by molar-refractivity contribution is 5.73. The van der Waals surface area contributed by atoms with E-state index < -0.39 is 0 Å². The first-order chi connectivity index (χ1) is 9.17. The maximum absolute atomic E-state index is 13.7. The van der Waals surface area contributed by atoms with Gasteiger partial charge in [0.05, 0.1) is 0 Å². The van der Waals surface area contributed by atoms with Gasteiger partial charge in [0.15, 0.2) is 0 Å². The number of rotatable bonds is 2. The molecule has 19 heavy (non-hydrogen) atoms. The largest absolute Gasteiger partial charge is 0.488 e. The van der Waals surface area contributed by atoms with Crippen LogP contribution in [0.2, 0.25) is 0 Å². The Bertz CT molecular complexity index is 607. The zero-order valence-corrected chi connectivity index (χ0v) is 10.8. The molecule has 0 aromatic heterocycles. The van der Waals surface area contributed by atoms with E-state index in [0.29, 0.717) is 13.0 Å². The van der Waals surface area contributed by atoms with Gasteiger partial charge in [-0.1, -0.05) is 29.8 Å². The molecule has 1 atom stereocenters. The summed E-state index contributed by atoms with van der Waals surface area (Å²) in [7, 11) is 0. The average Bonchev–Trinajstić information content (AvgIpc) is 2.81. The fourth-order valence-electron chi connectivity index (χ4n) is 2.47. The first kappa shape index (κ1) is 12.2. The van der Waals surface area contributed by atoms with E-state index in [4.69, 9.17) is 10.5 Å². The van der Waals surface area contributed by atoms with E-state index in [1.54, 1.807) is 6.07 Å². The molecule has 0 radical (unpaired) electrons. The van der Waals surface area contributed by atoms with Crippen molar-refractivity contribution in [1.82, 2.24) is 0 Å². The molecule has 0 bridgehead atoms. The van der Waals surface area contributed by atoms with Crippen molar-refractivity contribution in [2.24, 2.45) is 5.73 Å². The van der Waals surface area contributed by atoms with Crippen LogP contribution in [-0.2, 0) is 6.42 Å². The molecule has 2 nitrogen and oxygen atoms in total. The van der Waals surface area contributed by atoms with Crippen molar-refractivity contribution in [3.8, 4) is 16.9 Å². The van der Waals surface area contributed by atoms with Crippen LogP contribution in [0, 0.1) is 12.7 Å². The van der Waals surface area contributed by atoms with Crippen molar-refractivity contribution in [3.63, 3.8) is 0 Å². The molecule has 2 aromatic rings. The highest BCUT2D eigenvalue weighted by Gasteiger charge is 2.25. The third-order valence-corrected chi connectivity index (χ3v) is 3.49. The summed E-state index contributed by atoms with van der Waals surface area (Å²) in [6.45, 7) is 2.48. The zero-order chi connectivity index (χ0) is 13.4. The normalized spacial score (nSPS) is 17.1. The Balaban J connectivity index is 2.10. The number of benzene rings is 2. The second kappa shape index (κ2) is 4.67. The van der Waals surface area contributed by atoms with Crippen LogP contribution in [0.3, 0.4) is 0 Å². The van der Waals surface area contributed by atoms with Crippen LogP contribution >= 0.6 is 0 Å². The summed E-state index contributed by atoms with van der Waals surface area (Å²) in [5.74, 6) is 0.552. The van der Waals surface area contributed by atoms with Crippen molar-refractivity contribution >= 4 is 0 Å². The smallest absolute Gasteiger partial charge is 0.131 e. The monoisotopic (exact) mass is 257 g/mol. The molecule has 3 heteroatoms. The van der Waals surface area contributed by atoms with Gasteiger partial charge in [-0.15, -0.1) is 0 Å². The number of hydrogen-bond donors (Lipinski definition) is 1. The average molecular weight is 257 g/mol. The van der Waals surface area contributed by atoms with E-state index >= 15 is 0 Å². The predicted octanol–water partition coefficient (Wildman–Crippen LogP) is 3.06. The minimum absolute atomic E-state index is 0.0407. The topological polar surface area (TPSA) is 35.2 Å². The Morgan fingerprint density at radius 2 is 2.00 bits per heavy atom. The summed E-state index contributed by atoms with van der Waals surface area (Å²) in [6, 6.07) is 11.1. The third kappa shape index (κ3) is 2.22. The van der Waals surface area contributed by atoms with Crippen LogP contribution in [0.1, 0.15) is 11.1 Å². The third-order valence-electron chi connectivity index (χ3n) is 3.49. The number of ether oxygens (including phenoxy) is 1. The van der Waals surface area contributed by atoms with E-state index in [-0.39, 0.29) is 11.9 Å². The van der Waals surface area contributed by atoms with Crippen LogP contribution in [0.25, 0.3) is 11.1 Å². The molecule has 1 aliphatic rings. The van der Waals surface area contributed by atoms with Gasteiger partial charge < -0.3 is 10.5 Å². The number of halogens is 1. The molecule has 0 amide bonds. The van der Waals surface area contributed by atoms with Gasteiger partial charge >= 0.3 is 0 Å². The summed E-state index contributed by atoms with van der Waals surface area (Å²) in [5.41, 5.74) is 9.51. The lowest BCUT2D eigenvalue weighted by Gasteiger charge is -2.11. The van der Waals surface area contributed by atoms with Gasteiger partial charge in [-0.2, -0.15) is 0 Å². The zero-order valence-electron chi connectivity index (χ0n) is 10.8. The van der Waals surface area contributed by atoms with Crippen molar-refractivity contribution in [2.75, 3.05) is 6.54 Å². The van der Waals surface area contributed by atoms with Crippen LogP contribution in [0.5, 0.6) is 5.75 Å². The molecular weight excluding hydrogens is 241 g/mol. The standard InChI is InChI=1S/C16H16FNO/c1-10-2-4-11(5-3-10)15-8-13(17)6-12-7-14(9-18)19-16(12)15/h2-6,8,14H,7,9,18H2,1H3. The van der Waals surface area contributed by atoms with Gasteiger partial charge in [-0.3, -0.25) is 0 Å². The summed E-state index contributed by atoms with van der Waals surface area (Å²) in [6.07, 6.45) is 0.642. The van der Waals surface area contributed by atoms with Crippen molar-refractivity contribution < 1.29 is 9.13 Å². The molecule has 1 aliphatic heterocycles. The lowest BCUT2D eigenvalue weighted by atomic mass is 9.99. The SMILES string of the molecule is Cc1ccc(-c2cc(F)cc3c2OC(CN)C3)cc1. The molecule has 0 saturated heterocycles. The van der Waals surface area contributed by atoms with Crippen LogP contribution in [-0.4, -0.2) is 12.6 Å². The van der Waals surface area contributed by atoms with Gasteiger partial charge in [-0.25, -0.2) is 4.39 Å². The number of hydrogen-bond acceptors (Lipinski definition) is 2. The Kier molecular flexibility index (Phi) is 2.99. The lowest BCUT2D eigenvalue weighted by Crippen LogP contribution is -2.24. The number of aryl methyl sites for hydroxylation is 1. The first-order valence-electron chi connectivity index (χ1n) is 6.43. The van der Waals surface area contributed by atoms with Crippen LogP contribution in [0.4, 0.5) is 4.39 Å². The summed E-state index contributed by atoms with van der Waals surface area (Å²) < 4.78 is 19.6. The van der Waals surface area contributed by atoms with E-state index in [0.717, 1.165) is 22.4 Å². The van der Waals surface area contributed by atoms with E-state index in [1.807, 2.05) is 31.2 Å². The predicted molar refractivity (Wildman–Crippen MR) is 73.7 cm³/mol. The van der Waals surface area contributed by atoms with E-state index in [9.17, 15) is 4.39 Å². The minimum atomic E-state index is -0.226. The molecule has 0 fully saturated rings. The molecule has 0 spiro atoms. The quantitative estimate of drug-likeness (QED) is 0.897. The molecule has 2 aromatic carbocycles. The fraction of sp³-hybridized carbons (Fsp3) is 0.250. The molecular formula is C16H16FNO. The Morgan fingerprint density at radius 3 is 2.68 bits per heavy atom. The minimum Gasteiger partial charge on any atom is -0.488 e. The molecule has 98 valence electrons. The summed E-state index contributed by atoms with van der Waals surface area (Å²) >= 11 is 0. The van der Waals surface area contributed by atoms with Crippen molar-refractivity contribution in [1.29, 1.82) is 0 Å². The van der Waals surface area contributed by atoms with Gasteiger partial charge in [-0.05, 0) is 24.6 Å². The van der Waals surface area contributed by atoms with Crippen LogP contribution < -0.4 is 10.5 Å². The molecule has 2 N–H and O–H groups in total. The summed E-state index contributed by atoms with van der Waals surface area (Å²) in [4.78, 5) is 0. The van der Waals surface area contributed by atoms with Crippen LogP contribution in [0.15, 0.2) is 36.4 Å². The van der Waals surface area contributed by atoms with Gasteiger partial charge in [0.1, 0.15) is 17.7 Å². The second-order valence-electron chi connectivity index (χ2n) is 4.99. The molecule has 1 heterocycles. The lowest BCUT2D eigenvalue weighted by molar-refractivity contribution is 0.242. The molecule has 0 saturated carbocycles. The van der Waals surface area contributed by atoms with Crippen molar-refractivity contribution in [3.05, 3.63) is 53.3 Å². The maximum Gasteiger partial charge on any atom is 0.131 e. The van der Waals surface area contributed by atoms with E-state index in [2.05, 4.69) is 0 Å². The molecule has 0 aliphatic carbocycles. The summed E-state index contributed by atoms with van der Waals surface area (Å²) in [5, 5.41) is 0. The highest BCUT2D eigenvalue weighted by Crippen LogP contribution is 2.39. The highest BCUT2D eigenvalue weighted by atomic mass is 19.1. The van der Waals surface area contributed by atoms with Gasteiger partial charge in [0.2, 0.25) is 0 Å². The van der Waals surface area contributed by atoms with E-state index in [1.165, 1.54) is 11.6 Å². The molecule has 1 unspecified atom stereocenters. The maximum atomic E-state index is 13.7. The van der Waals surface area contributed by atoms with Gasteiger partial charge in [0, 0.05) is 24.1 Å². The Labute approximate surface area is 112 Å². The fourth-order valence-corrected chi connectivity index (χ4v) is 2.47. The van der Waals surface area contributed by atoms with Gasteiger partial charge in [0.25, 0.3) is 0 Å². The first-order valence-corrected chi connectivity index (χ1v) is 6.43. The second-order valence-corrected chi connectivity index (χ2v) is 4.99. The molecule has 3 rings (SSSR count). The Hall–Kier alpha value is -1.87. The van der Waals surface area contributed by atoms with Crippen molar-refractivity contribution in [2.45, 2.75) is 19.4 Å². The number of fused-ring (bicyclic) bond motifs is 1.